The minimum absolute atomic E-state index is 0.0349. The highest BCUT2D eigenvalue weighted by molar-refractivity contribution is 7.89. The van der Waals surface area contributed by atoms with E-state index in [2.05, 4.69) is 4.90 Å². The van der Waals surface area contributed by atoms with Gasteiger partial charge in [-0.1, -0.05) is 12.1 Å². The molecule has 1 aliphatic rings. The minimum Gasteiger partial charge on any atom is -0.328 e. The summed E-state index contributed by atoms with van der Waals surface area (Å²) in [6, 6.07) is 7.20. The third kappa shape index (κ3) is 3.83. The van der Waals surface area contributed by atoms with Crippen LogP contribution in [0.25, 0.3) is 0 Å². The van der Waals surface area contributed by atoms with Crippen molar-refractivity contribution >= 4 is 10.0 Å². The molecule has 0 saturated carbocycles. The highest BCUT2D eigenvalue weighted by Gasteiger charge is 2.33. The largest absolute Gasteiger partial charge is 0.328 e. The van der Waals surface area contributed by atoms with Gasteiger partial charge >= 0.3 is 0 Å². The lowest BCUT2D eigenvalue weighted by atomic mass is 10.0. The van der Waals surface area contributed by atoms with Crippen molar-refractivity contribution in [1.29, 1.82) is 0 Å². The van der Waals surface area contributed by atoms with Crippen LogP contribution in [0.15, 0.2) is 29.2 Å². The molecule has 0 aliphatic carbocycles. The molecule has 0 bridgehead atoms. The molecule has 0 aromatic heterocycles. The molecule has 118 valence electrons. The lowest BCUT2D eigenvalue weighted by molar-refractivity contribution is 0.402. The molecule has 2 rings (SSSR count). The highest BCUT2D eigenvalue weighted by atomic mass is 32.2. The first kappa shape index (κ1) is 16.4. The van der Waals surface area contributed by atoms with Crippen LogP contribution < -0.4 is 5.73 Å². The van der Waals surface area contributed by atoms with E-state index < -0.39 is 10.0 Å². The molecule has 0 radical (unpaired) electrons. The molecule has 1 fully saturated rings. The SMILES string of the molecule is CC(N)C1CCN(S(=O)(=O)c2ccc(CN(C)C)cc2)C1. The Morgan fingerprint density at radius 1 is 1.33 bits per heavy atom. The summed E-state index contributed by atoms with van der Waals surface area (Å²) in [4.78, 5) is 2.42. The molecule has 2 N–H and O–H groups in total. The summed E-state index contributed by atoms with van der Waals surface area (Å²) < 4.78 is 26.8. The van der Waals surface area contributed by atoms with Crippen molar-refractivity contribution in [3.05, 3.63) is 29.8 Å². The number of hydrogen-bond acceptors (Lipinski definition) is 4. The van der Waals surface area contributed by atoms with Crippen molar-refractivity contribution in [2.75, 3.05) is 27.2 Å². The molecule has 0 spiro atoms. The first-order chi connectivity index (χ1) is 9.80. The quantitative estimate of drug-likeness (QED) is 0.884. The monoisotopic (exact) mass is 311 g/mol. The summed E-state index contributed by atoms with van der Waals surface area (Å²) in [7, 11) is 0.592. The molecule has 2 unspecified atom stereocenters. The Kier molecular flexibility index (Phi) is 5.03. The zero-order valence-electron chi connectivity index (χ0n) is 13.0. The Morgan fingerprint density at radius 2 is 1.95 bits per heavy atom. The van der Waals surface area contributed by atoms with E-state index >= 15 is 0 Å². The van der Waals surface area contributed by atoms with Crippen LogP contribution in [0.3, 0.4) is 0 Å². The van der Waals surface area contributed by atoms with E-state index in [9.17, 15) is 8.42 Å². The molecule has 1 aliphatic heterocycles. The smallest absolute Gasteiger partial charge is 0.243 e. The van der Waals surface area contributed by atoms with Crippen LogP contribution in [0.5, 0.6) is 0 Å². The van der Waals surface area contributed by atoms with E-state index in [0.717, 1.165) is 18.5 Å². The number of hydrogen-bond donors (Lipinski definition) is 1. The van der Waals surface area contributed by atoms with Crippen LogP contribution in [0.1, 0.15) is 18.9 Å². The van der Waals surface area contributed by atoms with Crippen molar-refractivity contribution in [3.63, 3.8) is 0 Å². The van der Waals surface area contributed by atoms with Gasteiger partial charge in [0.15, 0.2) is 0 Å². The second kappa shape index (κ2) is 6.44. The summed E-state index contributed by atoms with van der Waals surface area (Å²) in [5, 5.41) is 0. The Hall–Kier alpha value is -0.950. The Bertz CT molecular complexity index is 567. The van der Waals surface area contributed by atoms with Gasteiger partial charge < -0.3 is 10.6 Å². The standard InChI is InChI=1S/C15H25N3O2S/c1-12(16)14-8-9-18(11-14)21(19,20)15-6-4-13(5-7-15)10-17(2)3/h4-7,12,14H,8-11,16H2,1-3H3. The van der Waals surface area contributed by atoms with Gasteiger partial charge in [-0.25, -0.2) is 8.42 Å². The molecular formula is C15H25N3O2S. The van der Waals surface area contributed by atoms with Crippen molar-refractivity contribution in [2.24, 2.45) is 11.7 Å². The second-order valence-electron chi connectivity index (χ2n) is 6.15. The van der Waals surface area contributed by atoms with Crippen LogP contribution >= 0.6 is 0 Å². The number of nitrogens with two attached hydrogens (primary N) is 1. The fourth-order valence-electron chi connectivity index (χ4n) is 2.68. The number of sulfonamides is 1. The van der Waals surface area contributed by atoms with Crippen molar-refractivity contribution in [3.8, 4) is 0 Å². The average molecular weight is 311 g/mol. The zero-order valence-corrected chi connectivity index (χ0v) is 13.8. The Balaban J connectivity index is 2.13. The van der Waals surface area contributed by atoms with E-state index in [-0.39, 0.29) is 12.0 Å². The summed E-state index contributed by atoms with van der Waals surface area (Å²) >= 11 is 0. The molecule has 1 aromatic rings. The van der Waals surface area contributed by atoms with Gasteiger partial charge in [-0.3, -0.25) is 0 Å². The first-order valence-corrected chi connectivity index (χ1v) is 8.74. The van der Waals surface area contributed by atoms with Gasteiger partial charge in [0.2, 0.25) is 10.0 Å². The maximum Gasteiger partial charge on any atom is 0.243 e. The van der Waals surface area contributed by atoms with Crippen LogP contribution in [-0.2, 0) is 16.6 Å². The molecule has 1 saturated heterocycles. The fourth-order valence-corrected chi connectivity index (χ4v) is 4.19. The van der Waals surface area contributed by atoms with Gasteiger partial charge in [-0.15, -0.1) is 0 Å². The Morgan fingerprint density at radius 3 is 2.43 bits per heavy atom. The third-order valence-corrected chi connectivity index (χ3v) is 5.87. The molecule has 5 nitrogen and oxygen atoms in total. The van der Waals surface area contributed by atoms with Crippen LogP contribution in [0.2, 0.25) is 0 Å². The molecule has 2 atom stereocenters. The van der Waals surface area contributed by atoms with Crippen molar-refractivity contribution < 1.29 is 8.42 Å². The van der Waals surface area contributed by atoms with Crippen LogP contribution in [0.4, 0.5) is 0 Å². The third-order valence-electron chi connectivity index (χ3n) is 3.99. The van der Waals surface area contributed by atoms with E-state index in [4.69, 9.17) is 5.73 Å². The predicted molar refractivity (Wildman–Crippen MR) is 84.3 cm³/mol. The summed E-state index contributed by atoms with van der Waals surface area (Å²) in [6.45, 7) is 3.83. The molecule has 0 amide bonds. The normalized spacial score (nSPS) is 21.9. The van der Waals surface area contributed by atoms with Crippen molar-refractivity contribution in [2.45, 2.75) is 30.8 Å². The van der Waals surface area contributed by atoms with Gasteiger partial charge in [-0.05, 0) is 51.1 Å². The lowest BCUT2D eigenvalue weighted by Gasteiger charge is -2.18. The number of rotatable bonds is 5. The topological polar surface area (TPSA) is 66.6 Å². The molecule has 1 heterocycles. The van der Waals surface area contributed by atoms with Gasteiger partial charge in [0, 0.05) is 25.7 Å². The van der Waals surface area contributed by atoms with E-state index in [1.165, 1.54) is 0 Å². The van der Waals surface area contributed by atoms with Gasteiger partial charge in [0.05, 0.1) is 4.90 Å². The first-order valence-electron chi connectivity index (χ1n) is 7.30. The molecular weight excluding hydrogens is 286 g/mol. The maximum absolute atomic E-state index is 12.6. The van der Waals surface area contributed by atoms with E-state index in [1.807, 2.05) is 33.2 Å². The summed E-state index contributed by atoms with van der Waals surface area (Å²) in [5.41, 5.74) is 6.99. The summed E-state index contributed by atoms with van der Waals surface area (Å²) in [6.07, 6.45) is 0.843. The van der Waals surface area contributed by atoms with Gasteiger partial charge in [-0.2, -0.15) is 4.31 Å². The van der Waals surface area contributed by atoms with Crippen LogP contribution in [-0.4, -0.2) is 50.8 Å². The predicted octanol–water partition coefficient (Wildman–Crippen LogP) is 1.11. The van der Waals surface area contributed by atoms with E-state index in [1.54, 1.807) is 16.4 Å². The number of benzene rings is 1. The molecule has 6 heteroatoms. The average Bonchev–Trinajstić information content (AvgIpc) is 2.89. The zero-order chi connectivity index (χ0) is 15.6. The van der Waals surface area contributed by atoms with Crippen molar-refractivity contribution in [1.82, 2.24) is 9.21 Å². The molecule has 1 aromatic carbocycles. The van der Waals surface area contributed by atoms with Gasteiger partial charge in [0.25, 0.3) is 0 Å². The number of nitrogens with zero attached hydrogens (tertiary/aromatic N) is 2. The summed E-state index contributed by atoms with van der Waals surface area (Å²) in [5.74, 6) is 0.257. The lowest BCUT2D eigenvalue weighted by Crippen LogP contribution is -2.33. The van der Waals surface area contributed by atoms with Crippen LogP contribution in [0, 0.1) is 5.92 Å². The maximum atomic E-state index is 12.6. The van der Waals surface area contributed by atoms with Gasteiger partial charge in [0.1, 0.15) is 0 Å². The second-order valence-corrected chi connectivity index (χ2v) is 8.09. The Labute approximate surface area is 127 Å². The molecule has 21 heavy (non-hydrogen) atoms. The minimum atomic E-state index is -3.39. The highest BCUT2D eigenvalue weighted by Crippen LogP contribution is 2.25. The van der Waals surface area contributed by atoms with E-state index in [0.29, 0.717) is 18.0 Å². The fraction of sp³-hybridized carbons (Fsp3) is 0.600.